The van der Waals surface area contributed by atoms with Crippen LogP contribution in [0.25, 0.3) is 32.9 Å². The van der Waals surface area contributed by atoms with E-state index in [1.54, 1.807) is 0 Å². The van der Waals surface area contributed by atoms with Crippen LogP contribution >= 0.6 is 0 Å². The number of piperazine rings is 1. The van der Waals surface area contributed by atoms with Crippen LogP contribution in [0.2, 0.25) is 0 Å². The number of anilines is 1. The highest BCUT2D eigenvalue weighted by Gasteiger charge is 2.52. The number of hydrogen-bond acceptors (Lipinski definition) is 8. The molecule has 2 atom stereocenters. The Bertz CT molecular complexity index is 2170. The number of amides is 1. The van der Waals surface area contributed by atoms with E-state index >= 15 is 8.78 Å². The topological polar surface area (TPSA) is 94.9 Å². The van der Waals surface area contributed by atoms with Gasteiger partial charge in [0.2, 0.25) is 5.95 Å². The van der Waals surface area contributed by atoms with Crippen molar-refractivity contribution < 1.29 is 45.4 Å². The molecule has 2 bridgehead atoms. The minimum Gasteiger partial charge on any atom is -0.508 e. The SMILES string of the molecule is C#Cc1c(F)ccc2cc(O)cc(-c3nc(F)c4c(N5CC6CCC(C5)N6C(=O)C(F)(F)F)nc(OCC5(CN6CCC(F)CC6)CC5)nc4c3F)c12. The minimum atomic E-state index is -5.08. The van der Waals surface area contributed by atoms with Gasteiger partial charge in [-0.15, -0.1) is 6.42 Å². The van der Waals surface area contributed by atoms with Crippen molar-refractivity contribution in [3.05, 3.63) is 47.4 Å². The van der Waals surface area contributed by atoms with Gasteiger partial charge in [0.05, 0.1) is 24.3 Å². The number of benzene rings is 2. The summed E-state index contributed by atoms with van der Waals surface area (Å²) >= 11 is 0. The number of carbonyl (C=O) groups excluding carboxylic acids is 1. The molecule has 4 aliphatic rings. The van der Waals surface area contributed by atoms with Crippen molar-refractivity contribution in [1.29, 1.82) is 0 Å². The number of piperidine rings is 1. The maximum absolute atomic E-state index is 16.9. The monoisotopic (exact) mass is 742 g/mol. The molecule has 4 fully saturated rings. The van der Waals surface area contributed by atoms with Crippen LogP contribution in [0.15, 0.2) is 24.3 Å². The largest absolute Gasteiger partial charge is 0.508 e. The molecule has 5 heterocycles. The lowest BCUT2D eigenvalue weighted by Crippen LogP contribution is -2.59. The quantitative estimate of drug-likeness (QED) is 0.134. The molecule has 53 heavy (non-hydrogen) atoms. The van der Waals surface area contributed by atoms with Crippen molar-refractivity contribution >= 4 is 33.4 Å². The summed E-state index contributed by atoms with van der Waals surface area (Å²) < 4.78 is 109. The first-order chi connectivity index (χ1) is 25.2. The van der Waals surface area contributed by atoms with Gasteiger partial charge in [-0.05, 0) is 62.1 Å². The number of ether oxygens (including phenoxy) is 1. The van der Waals surface area contributed by atoms with Crippen LogP contribution in [-0.2, 0) is 4.79 Å². The van der Waals surface area contributed by atoms with Crippen molar-refractivity contribution in [2.45, 2.75) is 63.0 Å². The number of aromatic hydroxyl groups is 1. The second-order valence-corrected chi connectivity index (χ2v) is 14.5. The Morgan fingerprint density at radius 2 is 1.70 bits per heavy atom. The van der Waals surface area contributed by atoms with Gasteiger partial charge in [0.1, 0.15) is 40.2 Å². The Morgan fingerprint density at radius 3 is 2.34 bits per heavy atom. The first kappa shape index (κ1) is 35.1. The number of phenolic OH excluding ortho intramolecular Hbond substituents is 1. The number of pyridine rings is 1. The van der Waals surface area contributed by atoms with Gasteiger partial charge in [-0.1, -0.05) is 12.0 Å². The van der Waals surface area contributed by atoms with Crippen molar-refractivity contribution in [2.24, 2.45) is 5.41 Å². The number of aromatic nitrogens is 3. The predicted octanol–water partition coefficient (Wildman–Crippen LogP) is 6.28. The Balaban J connectivity index is 1.22. The first-order valence-corrected chi connectivity index (χ1v) is 17.4. The van der Waals surface area contributed by atoms with E-state index in [4.69, 9.17) is 11.2 Å². The Morgan fingerprint density at radius 1 is 1.00 bits per heavy atom. The van der Waals surface area contributed by atoms with Crippen LogP contribution in [0.4, 0.5) is 36.6 Å². The molecule has 4 aromatic rings. The van der Waals surface area contributed by atoms with Gasteiger partial charge in [-0.25, -0.2) is 18.2 Å². The van der Waals surface area contributed by atoms with E-state index < -0.39 is 64.5 Å². The number of terminal acetylenes is 1. The number of halogens is 7. The van der Waals surface area contributed by atoms with Crippen LogP contribution in [0, 0.1) is 35.3 Å². The number of nitrogens with zero attached hydrogens (tertiary/aromatic N) is 6. The highest BCUT2D eigenvalue weighted by molar-refractivity contribution is 6.03. The summed E-state index contributed by atoms with van der Waals surface area (Å²) in [5, 5.41) is 10.3. The summed E-state index contributed by atoms with van der Waals surface area (Å²) in [4.78, 5) is 29.5. The van der Waals surface area contributed by atoms with Gasteiger partial charge in [0.15, 0.2) is 5.82 Å². The summed E-state index contributed by atoms with van der Waals surface area (Å²) in [6, 6.07) is 2.68. The molecule has 3 aliphatic heterocycles. The van der Waals surface area contributed by atoms with Crippen molar-refractivity contribution in [3.8, 4) is 35.4 Å². The second kappa shape index (κ2) is 12.9. The van der Waals surface area contributed by atoms with Gasteiger partial charge in [0, 0.05) is 49.1 Å². The molecule has 1 amide bonds. The maximum atomic E-state index is 16.9. The van der Waals surface area contributed by atoms with E-state index in [1.807, 2.05) is 0 Å². The molecule has 1 aliphatic carbocycles. The van der Waals surface area contributed by atoms with E-state index in [0.717, 1.165) is 29.9 Å². The van der Waals surface area contributed by atoms with Crippen molar-refractivity contribution in [3.63, 3.8) is 0 Å². The molecule has 16 heteroatoms. The zero-order valence-corrected chi connectivity index (χ0v) is 28.2. The molecular formula is C37H33F7N6O3. The van der Waals surface area contributed by atoms with Gasteiger partial charge in [-0.3, -0.25) is 4.79 Å². The number of carbonyl (C=O) groups is 1. The van der Waals surface area contributed by atoms with Gasteiger partial charge in [-0.2, -0.15) is 27.5 Å². The maximum Gasteiger partial charge on any atom is 0.471 e. The molecule has 1 saturated carbocycles. The molecule has 3 saturated heterocycles. The third-order valence-corrected chi connectivity index (χ3v) is 11.0. The molecule has 2 aromatic carbocycles. The van der Waals surface area contributed by atoms with E-state index in [1.165, 1.54) is 17.0 Å². The summed E-state index contributed by atoms with van der Waals surface area (Å²) in [5.41, 5.74) is -1.98. The van der Waals surface area contributed by atoms with Crippen LogP contribution in [0.3, 0.4) is 0 Å². The Labute approximate surface area is 298 Å². The van der Waals surface area contributed by atoms with E-state index in [9.17, 15) is 31.9 Å². The fourth-order valence-corrected chi connectivity index (χ4v) is 8.15. The number of alkyl halides is 4. The molecular weight excluding hydrogens is 709 g/mol. The number of fused-ring (bicyclic) bond motifs is 4. The normalized spacial score (nSPS) is 21.7. The van der Waals surface area contributed by atoms with E-state index in [2.05, 4.69) is 25.8 Å². The fraction of sp³-hybridized carbons (Fsp3) is 0.459. The van der Waals surface area contributed by atoms with Crippen molar-refractivity contribution in [2.75, 3.05) is 44.2 Å². The average molecular weight is 743 g/mol. The lowest BCUT2D eigenvalue weighted by Gasteiger charge is -2.42. The second-order valence-electron chi connectivity index (χ2n) is 14.5. The third kappa shape index (κ3) is 6.32. The van der Waals surface area contributed by atoms with Crippen LogP contribution in [0.5, 0.6) is 11.8 Å². The predicted molar refractivity (Wildman–Crippen MR) is 179 cm³/mol. The molecule has 1 N–H and O–H groups in total. The number of rotatable bonds is 7. The molecule has 0 spiro atoms. The third-order valence-electron chi connectivity index (χ3n) is 11.0. The first-order valence-electron chi connectivity index (χ1n) is 17.4. The average Bonchev–Trinajstić information content (AvgIpc) is 3.84. The molecule has 2 unspecified atom stereocenters. The highest BCUT2D eigenvalue weighted by atomic mass is 19.4. The summed E-state index contributed by atoms with van der Waals surface area (Å²) in [6.07, 6.45) is 2.68. The molecule has 2 aromatic heterocycles. The molecule has 0 radical (unpaired) electrons. The standard InChI is InChI=1S/C37H33F7N6O3/c1-2-24-26(39)6-3-19-13-23(51)14-25(27(19)24)30-29(40)31-28(32(41)45-30)33(49-15-21-4-5-22(16-49)50(21)34(52)37(42,43)44)47-35(46-31)53-18-36(9-10-36)17-48-11-7-20(38)8-12-48/h1,3,6,13-14,20-22,51H,4-5,7-12,15-18H2. The summed E-state index contributed by atoms with van der Waals surface area (Å²) in [7, 11) is 0. The minimum absolute atomic E-state index is 0.00398. The van der Waals surface area contributed by atoms with Gasteiger partial charge >= 0.3 is 18.1 Å². The molecule has 8 rings (SSSR count). The zero-order valence-electron chi connectivity index (χ0n) is 28.2. The van der Waals surface area contributed by atoms with Gasteiger partial charge in [0.25, 0.3) is 0 Å². The lowest BCUT2D eigenvalue weighted by atomic mass is 9.95. The molecule has 278 valence electrons. The summed E-state index contributed by atoms with van der Waals surface area (Å²) in [5.74, 6) is -3.49. The van der Waals surface area contributed by atoms with Crippen LogP contribution in [-0.4, -0.2) is 99.5 Å². The Hall–Kier alpha value is -4.91. The van der Waals surface area contributed by atoms with E-state index in [0.29, 0.717) is 32.5 Å². The van der Waals surface area contributed by atoms with Crippen molar-refractivity contribution in [1.82, 2.24) is 24.8 Å². The number of phenols is 1. The van der Waals surface area contributed by atoms with E-state index in [-0.39, 0.29) is 77.4 Å². The van der Waals surface area contributed by atoms with Crippen LogP contribution in [0.1, 0.15) is 44.1 Å². The van der Waals surface area contributed by atoms with Gasteiger partial charge < -0.3 is 24.5 Å². The molecule has 9 nitrogen and oxygen atoms in total. The smallest absolute Gasteiger partial charge is 0.471 e. The zero-order chi connectivity index (χ0) is 37.4. The highest BCUT2D eigenvalue weighted by Crippen LogP contribution is 2.47. The van der Waals surface area contributed by atoms with Crippen LogP contribution < -0.4 is 9.64 Å². The Kier molecular flexibility index (Phi) is 8.55. The number of likely N-dealkylation sites (tertiary alicyclic amines) is 1. The summed E-state index contributed by atoms with van der Waals surface area (Å²) in [6.45, 7) is 1.61. The number of hydrogen-bond donors (Lipinski definition) is 1. The lowest BCUT2D eigenvalue weighted by molar-refractivity contribution is -0.188. The fourth-order valence-electron chi connectivity index (χ4n) is 8.15.